The Bertz CT molecular complexity index is 542. The Morgan fingerprint density at radius 1 is 1.44 bits per heavy atom. The van der Waals surface area contributed by atoms with E-state index < -0.39 is 0 Å². The Labute approximate surface area is 106 Å². The summed E-state index contributed by atoms with van der Waals surface area (Å²) in [6.07, 6.45) is 0.818. The number of aryl methyl sites for hydroxylation is 1. The molecule has 16 heavy (non-hydrogen) atoms. The van der Waals surface area contributed by atoms with Gasteiger partial charge in [0, 0.05) is 14.7 Å². The highest BCUT2D eigenvalue weighted by Crippen LogP contribution is 2.27. The van der Waals surface area contributed by atoms with Gasteiger partial charge >= 0.3 is 0 Å². The summed E-state index contributed by atoms with van der Waals surface area (Å²) in [5.41, 5.74) is 5.02. The molecule has 0 fully saturated rings. The smallest absolute Gasteiger partial charge is 0.125 e. The van der Waals surface area contributed by atoms with Crippen LogP contribution in [0.3, 0.4) is 0 Å². The molecule has 3 nitrogen and oxygen atoms in total. The van der Waals surface area contributed by atoms with Crippen molar-refractivity contribution < 1.29 is 4.39 Å². The highest BCUT2D eigenvalue weighted by molar-refractivity contribution is 14.1. The number of pyridine rings is 1. The Morgan fingerprint density at radius 3 is 2.81 bits per heavy atom. The minimum absolute atomic E-state index is 0.278. The molecule has 1 aromatic carbocycles. The number of nitrogen functional groups attached to an aromatic ring is 1. The monoisotopic (exact) mass is 331 g/mol. The zero-order chi connectivity index (χ0) is 11.7. The highest BCUT2D eigenvalue weighted by atomic mass is 127. The summed E-state index contributed by atoms with van der Waals surface area (Å²) in [7, 11) is 0. The second-order valence-electron chi connectivity index (χ2n) is 3.44. The molecule has 2 aromatic rings. The van der Waals surface area contributed by atoms with Crippen LogP contribution in [0.25, 0.3) is 10.9 Å². The average Bonchev–Trinajstić information content (AvgIpc) is 2.28. The van der Waals surface area contributed by atoms with Crippen molar-refractivity contribution in [3.63, 3.8) is 0 Å². The number of halogens is 2. The number of benzene rings is 1. The van der Waals surface area contributed by atoms with Gasteiger partial charge in [-0.1, -0.05) is 6.92 Å². The summed E-state index contributed by atoms with van der Waals surface area (Å²) in [6.45, 7) is 2.02. The van der Waals surface area contributed by atoms with Gasteiger partial charge in [0.15, 0.2) is 0 Å². The molecule has 0 unspecified atom stereocenters. The Morgan fingerprint density at radius 2 is 2.19 bits per heavy atom. The van der Waals surface area contributed by atoms with Crippen LogP contribution < -0.4 is 11.3 Å². The van der Waals surface area contributed by atoms with Crippen LogP contribution in [0.2, 0.25) is 0 Å². The molecule has 1 heterocycles. The van der Waals surface area contributed by atoms with E-state index in [1.54, 1.807) is 0 Å². The largest absolute Gasteiger partial charge is 0.323 e. The van der Waals surface area contributed by atoms with Gasteiger partial charge in [-0.2, -0.15) is 0 Å². The van der Waals surface area contributed by atoms with E-state index in [0.717, 1.165) is 21.2 Å². The first-order valence-electron chi connectivity index (χ1n) is 4.91. The number of hydrogen-bond donors (Lipinski definition) is 2. The van der Waals surface area contributed by atoms with E-state index in [4.69, 9.17) is 5.84 Å². The van der Waals surface area contributed by atoms with Gasteiger partial charge in [-0.15, -0.1) is 0 Å². The summed E-state index contributed by atoms with van der Waals surface area (Å²) in [5, 5.41) is 0.712. The molecule has 1 aromatic heterocycles. The minimum Gasteiger partial charge on any atom is -0.323 e. The SMILES string of the molecule is CCc1cc(NN)c2cc(F)cc(I)c2n1. The lowest BCUT2D eigenvalue weighted by molar-refractivity contribution is 0.628. The van der Waals surface area contributed by atoms with Gasteiger partial charge in [0.25, 0.3) is 0 Å². The van der Waals surface area contributed by atoms with Gasteiger partial charge < -0.3 is 5.43 Å². The Balaban J connectivity index is 2.83. The maximum Gasteiger partial charge on any atom is 0.125 e. The number of nitrogens with zero attached hydrogens (tertiary/aromatic N) is 1. The van der Waals surface area contributed by atoms with Gasteiger partial charge in [-0.05, 0) is 47.2 Å². The lowest BCUT2D eigenvalue weighted by atomic mass is 10.1. The van der Waals surface area contributed by atoms with E-state index in [9.17, 15) is 4.39 Å². The number of rotatable bonds is 2. The van der Waals surface area contributed by atoms with Crippen LogP contribution in [0, 0.1) is 9.39 Å². The van der Waals surface area contributed by atoms with Crippen molar-refractivity contribution in [2.45, 2.75) is 13.3 Å². The van der Waals surface area contributed by atoms with Crippen LogP contribution in [0.4, 0.5) is 10.1 Å². The lowest BCUT2D eigenvalue weighted by Gasteiger charge is -2.09. The maximum atomic E-state index is 13.3. The molecule has 0 atom stereocenters. The van der Waals surface area contributed by atoms with Crippen LogP contribution in [0.5, 0.6) is 0 Å². The molecule has 0 aliphatic rings. The number of nitrogens with two attached hydrogens (primary N) is 1. The third-order valence-electron chi connectivity index (χ3n) is 2.40. The number of hydrazine groups is 1. The summed E-state index contributed by atoms with van der Waals surface area (Å²) in [5.74, 6) is 5.16. The van der Waals surface area contributed by atoms with E-state index in [2.05, 4.69) is 33.0 Å². The fraction of sp³-hybridized carbons (Fsp3) is 0.182. The number of aromatic nitrogens is 1. The zero-order valence-corrected chi connectivity index (χ0v) is 10.9. The maximum absolute atomic E-state index is 13.3. The zero-order valence-electron chi connectivity index (χ0n) is 8.72. The summed E-state index contributed by atoms with van der Waals surface area (Å²) < 4.78 is 14.1. The molecule has 84 valence electrons. The highest BCUT2D eigenvalue weighted by Gasteiger charge is 2.09. The van der Waals surface area contributed by atoms with Crippen LogP contribution >= 0.6 is 22.6 Å². The molecule has 5 heteroatoms. The van der Waals surface area contributed by atoms with E-state index >= 15 is 0 Å². The van der Waals surface area contributed by atoms with Crippen LogP contribution in [-0.2, 0) is 6.42 Å². The van der Waals surface area contributed by atoms with E-state index in [-0.39, 0.29) is 5.82 Å². The van der Waals surface area contributed by atoms with Crippen molar-refractivity contribution in [1.29, 1.82) is 0 Å². The fourth-order valence-corrected chi connectivity index (χ4v) is 2.31. The molecule has 0 amide bonds. The first-order valence-corrected chi connectivity index (χ1v) is 5.99. The summed E-state index contributed by atoms with van der Waals surface area (Å²) >= 11 is 2.08. The van der Waals surface area contributed by atoms with E-state index in [0.29, 0.717) is 11.1 Å². The molecule has 0 aliphatic heterocycles. The average molecular weight is 331 g/mol. The molecular formula is C11H11FIN3. The second kappa shape index (κ2) is 4.50. The second-order valence-corrected chi connectivity index (χ2v) is 4.61. The molecule has 0 saturated heterocycles. The van der Waals surface area contributed by atoms with Crippen LogP contribution in [-0.4, -0.2) is 4.98 Å². The molecule has 0 aliphatic carbocycles. The minimum atomic E-state index is -0.278. The van der Waals surface area contributed by atoms with Gasteiger partial charge in [0.05, 0.1) is 11.2 Å². The van der Waals surface area contributed by atoms with Crippen molar-refractivity contribution in [3.05, 3.63) is 33.3 Å². The number of anilines is 1. The Kier molecular flexibility index (Phi) is 3.25. The van der Waals surface area contributed by atoms with E-state index in [1.807, 2.05) is 13.0 Å². The molecule has 0 spiro atoms. The standard InChI is InChI=1S/C11H11FIN3/c1-2-7-5-10(16-14)8-3-6(12)4-9(13)11(8)15-7/h3-5H,2,14H2,1H3,(H,15,16). The molecular weight excluding hydrogens is 320 g/mol. The molecule has 3 N–H and O–H groups in total. The Hall–Kier alpha value is -0.950. The topological polar surface area (TPSA) is 50.9 Å². The number of hydrogen-bond acceptors (Lipinski definition) is 3. The molecule has 0 saturated carbocycles. The van der Waals surface area contributed by atoms with Crippen LogP contribution in [0.1, 0.15) is 12.6 Å². The van der Waals surface area contributed by atoms with Crippen LogP contribution in [0.15, 0.2) is 18.2 Å². The predicted molar refractivity (Wildman–Crippen MR) is 71.6 cm³/mol. The van der Waals surface area contributed by atoms with Gasteiger partial charge in [-0.25, -0.2) is 4.39 Å². The third kappa shape index (κ3) is 1.97. The predicted octanol–water partition coefficient (Wildman–Crippen LogP) is 2.83. The number of fused-ring (bicyclic) bond motifs is 1. The van der Waals surface area contributed by atoms with Gasteiger partial charge in [-0.3, -0.25) is 10.8 Å². The van der Waals surface area contributed by atoms with E-state index in [1.165, 1.54) is 12.1 Å². The van der Waals surface area contributed by atoms with Crippen molar-refractivity contribution in [3.8, 4) is 0 Å². The van der Waals surface area contributed by atoms with Crippen molar-refractivity contribution in [2.75, 3.05) is 5.43 Å². The van der Waals surface area contributed by atoms with Gasteiger partial charge in [0.2, 0.25) is 0 Å². The molecule has 2 rings (SSSR count). The normalized spacial score (nSPS) is 10.8. The molecule has 0 bridgehead atoms. The summed E-state index contributed by atoms with van der Waals surface area (Å²) in [4.78, 5) is 4.47. The summed E-state index contributed by atoms with van der Waals surface area (Å²) in [6, 6.07) is 4.76. The quantitative estimate of drug-likeness (QED) is 0.505. The molecule has 0 radical (unpaired) electrons. The van der Waals surface area contributed by atoms with Crippen molar-refractivity contribution in [1.82, 2.24) is 4.98 Å². The number of nitrogens with one attached hydrogen (secondary N) is 1. The third-order valence-corrected chi connectivity index (χ3v) is 3.22. The first-order chi connectivity index (χ1) is 7.65. The van der Waals surface area contributed by atoms with Crippen molar-refractivity contribution in [2.24, 2.45) is 5.84 Å². The fourth-order valence-electron chi connectivity index (χ4n) is 1.61. The van der Waals surface area contributed by atoms with Gasteiger partial charge in [0.1, 0.15) is 5.82 Å². The lowest BCUT2D eigenvalue weighted by Crippen LogP contribution is -2.08. The first kappa shape index (κ1) is 11.5. The van der Waals surface area contributed by atoms with Crippen molar-refractivity contribution >= 4 is 39.2 Å².